The van der Waals surface area contributed by atoms with Crippen molar-refractivity contribution < 1.29 is 13.2 Å². The van der Waals surface area contributed by atoms with Crippen molar-refractivity contribution in [1.29, 1.82) is 0 Å². The quantitative estimate of drug-likeness (QED) is 0.657. The van der Waals surface area contributed by atoms with Crippen LogP contribution in [0.4, 0.5) is 0 Å². The summed E-state index contributed by atoms with van der Waals surface area (Å²) in [5.74, 6) is 0.0172. The van der Waals surface area contributed by atoms with Crippen LogP contribution in [-0.4, -0.2) is 26.9 Å². The maximum absolute atomic E-state index is 12.4. The highest BCUT2D eigenvalue weighted by atomic mass is 32.2. The standard InChI is InChI=1S/C21H28N2O3S/c1-3-17(2)23-21(24)14-11-19-9-12-20(13-10-19)27(25,26)22-16-15-18-7-5-4-6-8-18/h4-10,12-13,17,22H,3,11,14-16H2,1-2H3,(H,23,24)/t17-/m1/s1. The van der Waals surface area contributed by atoms with E-state index >= 15 is 0 Å². The van der Waals surface area contributed by atoms with E-state index in [-0.39, 0.29) is 16.8 Å². The second-order valence-corrected chi connectivity index (χ2v) is 8.42. The molecule has 0 aliphatic carbocycles. The van der Waals surface area contributed by atoms with Gasteiger partial charge < -0.3 is 5.32 Å². The van der Waals surface area contributed by atoms with Crippen molar-refractivity contribution in [3.8, 4) is 0 Å². The Balaban J connectivity index is 1.84. The molecule has 0 heterocycles. The molecule has 0 aromatic heterocycles. The predicted octanol–water partition coefficient (Wildman–Crippen LogP) is 3.05. The number of sulfonamides is 1. The molecule has 6 heteroatoms. The van der Waals surface area contributed by atoms with Gasteiger partial charge in [0.2, 0.25) is 15.9 Å². The number of aryl methyl sites for hydroxylation is 1. The second-order valence-electron chi connectivity index (χ2n) is 6.65. The molecule has 2 N–H and O–H groups in total. The van der Waals surface area contributed by atoms with Gasteiger partial charge in [-0.3, -0.25) is 4.79 Å². The first-order valence-corrected chi connectivity index (χ1v) is 10.8. The molecule has 0 bridgehead atoms. The predicted molar refractivity (Wildman–Crippen MR) is 108 cm³/mol. The Labute approximate surface area is 162 Å². The van der Waals surface area contributed by atoms with Crippen LogP contribution in [0.25, 0.3) is 0 Å². The average molecular weight is 389 g/mol. The molecule has 0 saturated heterocycles. The summed E-state index contributed by atoms with van der Waals surface area (Å²) in [5, 5.41) is 2.93. The molecule has 5 nitrogen and oxygen atoms in total. The fourth-order valence-electron chi connectivity index (χ4n) is 2.60. The van der Waals surface area contributed by atoms with Gasteiger partial charge in [-0.15, -0.1) is 0 Å². The molecule has 1 atom stereocenters. The monoisotopic (exact) mass is 388 g/mol. The van der Waals surface area contributed by atoms with E-state index in [1.54, 1.807) is 24.3 Å². The van der Waals surface area contributed by atoms with Gasteiger partial charge in [-0.05, 0) is 49.4 Å². The first-order valence-electron chi connectivity index (χ1n) is 9.32. The van der Waals surface area contributed by atoms with Crippen molar-refractivity contribution in [2.24, 2.45) is 0 Å². The van der Waals surface area contributed by atoms with Crippen LogP contribution in [0, 0.1) is 0 Å². The molecule has 2 aromatic rings. The Kier molecular flexibility index (Phi) is 8.00. The lowest BCUT2D eigenvalue weighted by molar-refractivity contribution is -0.121. The van der Waals surface area contributed by atoms with Gasteiger partial charge in [-0.1, -0.05) is 49.4 Å². The summed E-state index contributed by atoms with van der Waals surface area (Å²) >= 11 is 0. The van der Waals surface area contributed by atoms with Gasteiger partial charge in [-0.2, -0.15) is 0 Å². The van der Waals surface area contributed by atoms with Crippen LogP contribution < -0.4 is 10.0 Å². The second kappa shape index (κ2) is 10.2. The minimum Gasteiger partial charge on any atom is -0.354 e. The van der Waals surface area contributed by atoms with Crippen molar-refractivity contribution in [2.45, 2.75) is 50.5 Å². The molecule has 0 aliphatic rings. The first kappa shape index (κ1) is 21.1. The van der Waals surface area contributed by atoms with Crippen molar-refractivity contribution in [2.75, 3.05) is 6.54 Å². The minimum atomic E-state index is -3.53. The van der Waals surface area contributed by atoms with E-state index < -0.39 is 10.0 Å². The van der Waals surface area contributed by atoms with Crippen LogP contribution in [0.5, 0.6) is 0 Å². The summed E-state index contributed by atoms with van der Waals surface area (Å²) in [6.07, 6.45) is 2.52. The Morgan fingerprint density at radius 3 is 2.22 bits per heavy atom. The minimum absolute atomic E-state index is 0.0172. The van der Waals surface area contributed by atoms with Crippen molar-refractivity contribution >= 4 is 15.9 Å². The summed E-state index contributed by atoms with van der Waals surface area (Å²) in [4.78, 5) is 12.1. The summed E-state index contributed by atoms with van der Waals surface area (Å²) in [7, 11) is -3.53. The highest BCUT2D eigenvalue weighted by molar-refractivity contribution is 7.89. The fraction of sp³-hybridized carbons (Fsp3) is 0.381. The molecule has 0 saturated carbocycles. The third kappa shape index (κ3) is 7.15. The maximum atomic E-state index is 12.4. The molecule has 0 unspecified atom stereocenters. The van der Waals surface area contributed by atoms with Gasteiger partial charge in [-0.25, -0.2) is 13.1 Å². The topological polar surface area (TPSA) is 75.3 Å². The number of hydrogen-bond donors (Lipinski definition) is 2. The summed E-state index contributed by atoms with van der Waals surface area (Å²) in [6.45, 7) is 4.35. The largest absolute Gasteiger partial charge is 0.354 e. The lowest BCUT2D eigenvalue weighted by atomic mass is 10.1. The Hall–Kier alpha value is -2.18. The molecule has 0 fully saturated rings. The Morgan fingerprint density at radius 1 is 0.963 bits per heavy atom. The normalized spacial score (nSPS) is 12.5. The Bertz CT molecular complexity index is 818. The highest BCUT2D eigenvalue weighted by Gasteiger charge is 2.13. The third-order valence-corrected chi connectivity index (χ3v) is 5.92. The molecular weight excluding hydrogens is 360 g/mol. The number of carbonyl (C=O) groups excluding carboxylic acids is 1. The van der Waals surface area contributed by atoms with Gasteiger partial charge in [0.25, 0.3) is 0 Å². The van der Waals surface area contributed by atoms with E-state index in [0.29, 0.717) is 25.8 Å². The molecule has 1 amide bonds. The lowest BCUT2D eigenvalue weighted by Crippen LogP contribution is -2.32. The summed E-state index contributed by atoms with van der Waals surface area (Å²) in [6, 6.07) is 16.6. The van der Waals surface area contributed by atoms with Gasteiger partial charge in [0.1, 0.15) is 0 Å². The number of nitrogens with one attached hydrogen (secondary N) is 2. The number of amides is 1. The van der Waals surface area contributed by atoms with Crippen LogP contribution in [0.1, 0.15) is 37.8 Å². The number of rotatable bonds is 10. The van der Waals surface area contributed by atoms with E-state index in [1.807, 2.05) is 44.2 Å². The average Bonchev–Trinajstić information content (AvgIpc) is 2.67. The van der Waals surface area contributed by atoms with Gasteiger partial charge in [0.05, 0.1) is 4.90 Å². The third-order valence-electron chi connectivity index (χ3n) is 4.44. The fourth-order valence-corrected chi connectivity index (χ4v) is 3.63. The summed E-state index contributed by atoms with van der Waals surface area (Å²) < 4.78 is 27.4. The van der Waals surface area contributed by atoms with Crippen LogP contribution in [0.3, 0.4) is 0 Å². The molecule has 2 rings (SSSR count). The smallest absolute Gasteiger partial charge is 0.240 e. The zero-order chi connectivity index (χ0) is 19.7. The van der Waals surface area contributed by atoms with Crippen LogP contribution >= 0.6 is 0 Å². The number of benzene rings is 2. The van der Waals surface area contributed by atoms with Crippen LogP contribution in [-0.2, 0) is 27.7 Å². The number of hydrogen-bond acceptors (Lipinski definition) is 3. The first-order chi connectivity index (χ1) is 12.9. The van der Waals surface area contributed by atoms with E-state index in [4.69, 9.17) is 0 Å². The SMILES string of the molecule is CC[C@@H](C)NC(=O)CCc1ccc(S(=O)(=O)NCCc2ccccc2)cc1. The highest BCUT2D eigenvalue weighted by Crippen LogP contribution is 2.12. The zero-order valence-corrected chi connectivity index (χ0v) is 16.8. The van der Waals surface area contributed by atoms with Crippen molar-refractivity contribution in [3.05, 3.63) is 65.7 Å². The van der Waals surface area contributed by atoms with Crippen molar-refractivity contribution in [1.82, 2.24) is 10.0 Å². The van der Waals surface area contributed by atoms with Gasteiger partial charge in [0, 0.05) is 19.0 Å². The molecule has 146 valence electrons. The molecule has 0 aliphatic heterocycles. The van der Waals surface area contributed by atoms with Gasteiger partial charge >= 0.3 is 0 Å². The molecular formula is C21H28N2O3S. The van der Waals surface area contributed by atoms with Crippen molar-refractivity contribution in [3.63, 3.8) is 0 Å². The van der Waals surface area contributed by atoms with E-state index in [2.05, 4.69) is 10.0 Å². The van der Waals surface area contributed by atoms with E-state index in [9.17, 15) is 13.2 Å². The molecule has 0 spiro atoms. The molecule has 2 aromatic carbocycles. The Morgan fingerprint density at radius 2 is 1.59 bits per heavy atom. The number of carbonyl (C=O) groups is 1. The van der Waals surface area contributed by atoms with E-state index in [1.165, 1.54) is 0 Å². The molecule has 0 radical (unpaired) electrons. The molecule has 27 heavy (non-hydrogen) atoms. The van der Waals surface area contributed by atoms with Crippen LogP contribution in [0.2, 0.25) is 0 Å². The zero-order valence-electron chi connectivity index (χ0n) is 15.9. The maximum Gasteiger partial charge on any atom is 0.240 e. The van der Waals surface area contributed by atoms with Crippen LogP contribution in [0.15, 0.2) is 59.5 Å². The lowest BCUT2D eigenvalue weighted by Gasteiger charge is -2.11. The van der Waals surface area contributed by atoms with E-state index in [0.717, 1.165) is 17.5 Å². The van der Waals surface area contributed by atoms with Gasteiger partial charge in [0.15, 0.2) is 0 Å². The summed E-state index contributed by atoms with van der Waals surface area (Å²) in [5.41, 5.74) is 2.03.